The zero-order chi connectivity index (χ0) is 13.8. The molecule has 1 aromatic heterocycles. The van der Waals surface area contributed by atoms with Crippen molar-refractivity contribution in [3.05, 3.63) is 45.6 Å². The molecule has 2 nitrogen and oxygen atoms in total. The second-order valence-corrected chi connectivity index (χ2v) is 6.67. The smallest absolute Gasteiger partial charge is 0.174 e. The lowest BCUT2D eigenvalue weighted by Gasteiger charge is -2.06. The number of carbonyl (C=O) groups is 1. The van der Waals surface area contributed by atoms with Gasteiger partial charge >= 0.3 is 0 Å². The number of aryl methyl sites for hydroxylation is 2. The van der Waals surface area contributed by atoms with Crippen molar-refractivity contribution in [3.63, 3.8) is 0 Å². The molecule has 0 bridgehead atoms. The summed E-state index contributed by atoms with van der Waals surface area (Å²) in [6, 6.07) is 9.74. The van der Waals surface area contributed by atoms with Gasteiger partial charge in [-0.05, 0) is 32.0 Å². The van der Waals surface area contributed by atoms with Crippen LogP contribution >= 0.6 is 23.1 Å². The lowest BCUT2D eigenvalue weighted by molar-refractivity contribution is 0.102. The summed E-state index contributed by atoms with van der Waals surface area (Å²) >= 11 is 3.19. The minimum atomic E-state index is 0.178. The van der Waals surface area contributed by atoms with E-state index in [1.54, 1.807) is 18.4 Å². The normalized spacial score (nSPS) is 10.5. The topological polar surface area (TPSA) is 26.3 Å². The molecule has 2 rings (SSSR count). The van der Waals surface area contributed by atoms with Crippen LogP contribution in [0.4, 0.5) is 0 Å². The standard InChI is InChI=1S/C15H16O2S2/c1-10-8-12(11(2)19-10)13(16)9-18-15-7-5-4-6-14(15)17-3/h4-8H,9H2,1-3H3. The van der Waals surface area contributed by atoms with Gasteiger partial charge in [-0.25, -0.2) is 0 Å². The Morgan fingerprint density at radius 2 is 2.05 bits per heavy atom. The molecule has 1 aromatic carbocycles. The first-order chi connectivity index (χ1) is 9.11. The Labute approximate surface area is 121 Å². The number of ether oxygens (including phenoxy) is 1. The number of rotatable bonds is 5. The number of benzene rings is 1. The number of Topliss-reactive ketones (excluding diaryl/α,β-unsaturated/α-hetero) is 1. The van der Waals surface area contributed by atoms with Crippen molar-refractivity contribution in [2.75, 3.05) is 12.9 Å². The van der Waals surface area contributed by atoms with E-state index in [2.05, 4.69) is 0 Å². The third-order valence-corrected chi connectivity index (χ3v) is 4.79. The predicted octanol–water partition coefficient (Wildman–Crippen LogP) is 4.35. The molecule has 0 fully saturated rings. The number of hydrogen-bond acceptors (Lipinski definition) is 4. The molecule has 1 heterocycles. The molecule has 0 amide bonds. The first kappa shape index (κ1) is 14.2. The first-order valence-corrected chi connectivity index (χ1v) is 7.78. The molecule has 0 radical (unpaired) electrons. The van der Waals surface area contributed by atoms with Crippen LogP contribution in [0.3, 0.4) is 0 Å². The van der Waals surface area contributed by atoms with Crippen molar-refractivity contribution in [2.45, 2.75) is 18.7 Å². The lowest BCUT2D eigenvalue weighted by atomic mass is 10.2. The fourth-order valence-electron chi connectivity index (χ4n) is 1.87. The summed E-state index contributed by atoms with van der Waals surface area (Å²) in [5, 5.41) is 0. The van der Waals surface area contributed by atoms with E-state index in [9.17, 15) is 4.79 Å². The SMILES string of the molecule is COc1ccccc1SCC(=O)c1cc(C)sc1C. The van der Waals surface area contributed by atoms with E-state index in [0.29, 0.717) is 5.75 Å². The van der Waals surface area contributed by atoms with Crippen LogP contribution in [0, 0.1) is 13.8 Å². The molecule has 2 aromatic rings. The minimum absolute atomic E-state index is 0.178. The summed E-state index contributed by atoms with van der Waals surface area (Å²) < 4.78 is 5.28. The molecule has 0 saturated heterocycles. The van der Waals surface area contributed by atoms with Gasteiger partial charge in [0.25, 0.3) is 0 Å². The van der Waals surface area contributed by atoms with Crippen LogP contribution in [0.2, 0.25) is 0 Å². The molecule has 0 spiro atoms. The van der Waals surface area contributed by atoms with E-state index in [4.69, 9.17) is 4.74 Å². The highest BCUT2D eigenvalue weighted by Crippen LogP contribution is 2.30. The number of hydrogen-bond donors (Lipinski definition) is 0. The van der Waals surface area contributed by atoms with Crippen molar-refractivity contribution < 1.29 is 9.53 Å². The average Bonchev–Trinajstić information content (AvgIpc) is 2.75. The molecular weight excluding hydrogens is 276 g/mol. The van der Waals surface area contributed by atoms with Crippen LogP contribution in [0.5, 0.6) is 5.75 Å². The molecule has 19 heavy (non-hydrogen) atoms. The van der Waals surface area contributed by atoms with Crippen LogP contribution in [0.1, 0.15) is 20.1 Å². The summed E-state index contributed by atoms with van der Waals surface area (Å²) in [5.74, 6) is 1.44. The van der Waals surface area contributed by atoms with Crippen LogP contribution in [0.25, 0.3) is 0 Å². The fraction of sp³-hybridized carbons (Fsp3) is 0.267. The van der Waals surface area contributed by atoms with Gasteiger partial charge < -0.3 is 4.74 Å². The third kappa shape index (κ3) is 3.39. The van der Waals surface area contributed by atoms with Gasteiger partial charge in [0.15, 0.2) is 5.78 Å². The van der Waals surface area contributed by atoms with E-state index in [-0.39, 0.29) is 5.78 Å². The van der Waals surface area contributed by atoms with Gasteiger partial charge in [-0.2, -0.15) is 0 Å². The van der Waals surface area contributed by atoms with E-state index >= 15 is 0 Å². The minimum Gasteiger partial charge on any atom is -0.496 e. The van der Waals surface area contributed by atoms with Crippen molar-refractivity contribution in [1.82, 2.24) is 0 Å². The maximum atomic E-state index is 12.2. The lowest BCUT2D eigenvalue weighted by Crippen LogP contribution is -2.02. The van der Waals surface area contributed by atoms with Crippen molar-refractivity contribution in [2.24, 2.45) is 0 Å². The number of ketones is 1. The molecule has 100 valence electrons. The van der Waals surface area contributed by atoms with Crippen molar-refractivity contribution >= 4 is 28.9 Å². The van der Waals surface area contributed by atoms with Crippen LogP contribution in [0.15, 0.2) is 35.2 Å². The fourth-order valence-corrected chi connectivity index (χ4v) is 3.72. The summed E-state index contributed by atoms with van der Waals surface area (Å²) in [7, 11) is 1.65. The van der Waals surface area contributed by atoms with E-state index in [0.717, 1.165) is 21.1 Å². The monoisotopic (exact) mass is 292 g/mol. The van der Waals surface area contributed by atoms with Crippen LogP contribution in [-0.4, -0.2) is 18.6 Å². The largest absolute Gasteiger partial charge is 0.496 e. The third-order valence-electron chi connectivity index (χ3n) is 2.77. The summed E-state index contributed by atoms with van der Waals surface area (Å²) in [6.07, 6.45) is 0. The Morgan fingerprint density at radius 3 is 2.68 bits per heavy atom. The maximum Gasteiger partial charge on any atom is 0.174 e. The predicted molar refractivity (Wildman–Crippen MR) is 81.8 cm³/mol. The molecule has 4 heteroatoms. The second kappa shape index (κ2) is 6.26. The molecule has 0 N–H and O–H groups in total. The Balaban J connectivity index is 2.06. The number of thiophene rings is 1. The van der Waals surface area contributed by atoms with Gasteiger partial charge in [0, 0.05) is 20.2 Å². The molecule has 0 aliphatic heterocycles. The van der Waals surface area contributed by atoms with Crippen molar-refractivity contribution in [1.29, 1.82) is 0 Å². The maximum absolute atomic E-state index is 12.2. The van der Waals surface area contributed by atoms with Gasteiger partial charge in [0.2, 0.25) is 0 Å². The van der Waals surface area contributed by atoms with Gasteiger partial charge in [-0.3, -0.25) is 4.79 Å². The quantitative estimate of drug-likeness (QED) is 0.605. The van der Waals surface area contributed by atoms with E-state index in [1.165, 1.54) is 16.6 Å². The Hall–Kier alpha value is -1.26. The molecule has 0 atom stereocenters. The van der Waals surface area contributed by atoms with Gasteiger partial charge in [-0.1, -0.05) is 12.1 Å². The zero-order valence-corrected chi connectivity index (χ0v) is 12.9. The molecule has 0 aliphatic carbocycles. The molecule has 0 unspecified atom stereocenters. The number of methoxy groups -OCH3 is 1. The number of thioether (sulfide) groups is 1. The van der Waals surface area contributed by atoms with Gasteiger partial charge in [0.1, 0.15) is 5.75 Å². The number of carbonyl (C=O) groups excluding carboxylic acids is 1. The van der Waals surface area contributed by atoms with Gasteiger partial charge in [0.05, 0.1) is 12.9 Å². The molecular formula is C15H16O2S2. The second-order valence-electron chi connectivity index (χ2n) is 4.19. The Kier molecular flexibility index (Phi) is 4.66. The Bertz CT molecular complexity index is 588. The summed E-state index contributed by atoms with van der Waals surface area (Å²) in [5.41, 5.74) is 0.852. The average molecular weight is 292 g/mol. The van der Waals surface area contributed by atoms with E-state index < -0.39 is 0 Å². The van der Waals surface area contributed by atoms with E-state index in [1.807, 2.05) is 44.2 Å². The zero-order valence-electron chi connectivity index (χ0n) is 11.2. The highest BCUT2D eigenvalue weighted by atomic mass is 32.2. The highest BCUT2D eigenvalue weighted by Gasteiger charge is 2.13. The summed E-state index contributed by atoms with van der Waals surface area (Å²) in [6.45, 7) is 4.03. The van der Waals surface area contributed by atoms with Crippen molar-refractivity contribution in [3.8, 4) is 5.75 Å². The Morgan fingerprint density at radius 1 is 1.32 bits per heavy atom. The number of para-hydroxylation sites is 1. The van der Waals surface area contributed by atoms with Crippen LogP contribution in [-0.2, 0) is 0 Å². The summed E-state index contributed by atoms with van der Waals surface area (Å²) in [4.78, 5) is 15.5. The molecule has 0 aliphatic rings. The highest BCUT2D eigenvalue weighted by molar-refractivity contribution is 8.00. The van der Waals surface area contributed by atoms with Gasteiger partial charge in [-0.15, -0.1) is 23.1 Å². The van der Waals surface area contributed by atoms with Crippen LogP contribution < -0.4 is 4.74 Å². The molecule has 0 saturated carbocycles. The first-order valence-electron chi connectivity index (χ1n) is 5.98.